The molecule has 9 heteroatoms. The lowest BCUT2D eigenvalue weighted by atomic mass is 10.3. The van der Waals surface area contributed by atoms with E-state index in [9.17, 15) is 8.42 Å². The van der Waals surface area contributed by atoms with Gasteiger partial charge in [0.25, 0.3) is 0 Å². The second-order valence-electron chi connectivity index (χ2n) is 3.58. The lowest BCUT2D eigenvalue weighted by Crippen LogP contribution is -2.21. The topological polar surface area (TPSA) is 107 Å². The maximum absolute atomic E-state index is 11.7. The molecule has 0 unspecified atom stereocenters. The molecule has 0 amide bonds. The number of aromatic nitrogens is 2. The number of nitrogens with two attached hydrogens (primary N) is 1. The quantitative estimate of drug-likeness (QED) is 0.769. The van der Waals surface area contributed by atoms with Crippen LogP contribution in [-0.4, -0.2) is 31.0 Å². The molecule has 7 nitrogen and oxygen atoms in total. The highest BCUT2D eigenvalue weighted by Crippen LogP contribution is 2.14. The van der Waals surface area contributed by atoms with Crippen molar-refractivity contribution in [1.82, 2.24) is 10.2 Å². The zero-order valence-corrected chi connectivity index (χ0v) is 11.4. The van der Waals surface area contributed by atoms with Crippen molar-refractivity contribution in [3.63, 3.8) is 0 Å². The molecule has 0 fully saturated rings. The summed E-state index contributed by atoms with van der Waals surface area (Å²) in [5, 5.41) is 7.38. The summed E-state index contributed by atoms with van der Waals surface area (Å²) in [5.74, 6) is 0.400. The second kappa shape index (κ2) is 5.85. The van der Waals surface area contributed by atoms with Crippen molar-refractivity contribution in [1.29, 1.82) is 0 Å². The largest absolute Gasteiger partial charge is 0.492 e. The molecule has 0 saturated heterocycles. The second-order valence-corrected chi connectivity index (χ2v) is 6.26. The molecule has 1 heterocycles. The van der Waals surface area contributed by atoms with E-state index in [0.29, 0.717) is 11.4 Å². The normalized spacial score (nSPS) is 11.2. The van der Waals surface area contributed by atoms with Crippen molar-refractivity contribution in [2.24, 2.45) is 0 Å². The monoisotopic (exact) mass is 300 g/mol. The van der Waals surface area contributed by atoms with E-state index in [1.54, 1.807) is 24.3 Å². The first-order valence-corrected chi connectivity index (χ1v) is 7.83. The zero-order valence-electron chi connectivity index (χ0n) is 9.81. The summed E-state index contributed by atoms with van der Waals surface area (Å²) in [6, 6.07) is 6.73. The molecule has 2 aromatic rings. The van der Waals surface area contributed by atoms with Crippen molar-refractivity contribution in [3.8, 4) is 5.75 Å². The number of hydrogen-bond acceptors (Lipinski definition) is 7. The molecule has 0 atom stereocenters. The molecular weight excluding hydrogens is 288 g/mol. The molecule has 0 aliphatic heterocycles. The summed E-state index contributed by atoms with van der Waals surface area (Å²) < 4.78 is 31.0. The highest BCUT2D eigenvalue weighted by atomic mass is 32.2. The van der Waals surface area contributed by atoms with Gasteiger partial charge in [-0.2, -0.15) is 0 Å². The minimum absolute atomic E-state index is 0.0397. The van der Waals surface area contributed by atoms with Gasteiger partial charge in [-0.15, -0.1) is 10.2 Å². The van der Waals surface area contributed by atoms with Gasteiger partial charge in [0.05, 0.1) is 0 Å². The fourth-order valence-electron chi connectivity index (χ4n) is 1.23. The van der Waals surface area contributed by atoms with E-state index < -0.39 is 10.0 Å². The Labute approximate surface area is 114 Å². The molecule has 0 aliphatic carbocycles. The standard InChI is InChI=1S/C10H12N4O3S2/c11-8-1-3-9(4-2-8)17-5-6-19(15,16)14-10-13-12-7-18-10/h1-4,7H,5-6,11H2,(H,13,14). The minimum Gasteiger partial charge on any atom is -0.492 e. The number of nitrogens with one attached hydrogen (secondary N) is 1. The molecule has 0 aliphatic rings. The molecular formula is C10H12N4O3S2. The van der Waals surface area contributed by atoms with Gasteiger partial charge >= 0.3 is 0 Å². The van der Waals surface area contributed by atoms with E-state index in [4.69, 9.17) is 10.5 Å². The van der Waals surface area contributed by atoms with Crippen LogP contribution < -0.4 is 15.2 Å². The third kappa shape index (κ3) is 4.38. The molecule has 1 aromatic heterocycles. The fraction of sp³-hybridized carbons (Fsp3) is 0.200. The maximum atomic E-state index is 11.7. The Hall–Kier alpha value is -1.87. The average Bonchev–Trinajstić information content (AvgIpc) is 2.83. The van der Waals surface area contributed by atoms with Crippen molar-refractivity contribution in [3.05, 3.63) is 29.8 Å². The number of rotatable bonds is 6. The van der Waals surface area contributed by atoms with Crippen LogP contribution in [0.3, 0.4) is 0 Å². The van der Waals surface area contributed by atoms with Gasteiger partial charge in [-0.1, -0.05) is 11.3 Å². The van der Waals surface area contributed by atoms with E-state index in [1.807, 2.05) is 0 Å². The number of nitrogen functional groups attached to an aromatic ring is 1. The van der Waals surface area contributed by atoms with Gasteiger partial charge in [0.15, 0.2) is 0 Å². The van der Waals surface area contributed by atoms with E-state index in [0.717, 1.165) is 11.3 Å². The predicted molar refractivity (Wildman–Crippen MR) is 73.7 cm³/mol. The van der Waals surface area contributed by atoms with E-state index in [2.05, 4.69) is 14.9 Å². The molecule has 0 bridgehead atoms. The molecule has 0 saturated carbocycles. The van der Waals surface area contributed by atoms with Gasteiger partial charge in [-0.05, 0) is 24.3 Å². The number of nitrogens with zero attached hydrogens (tertiary/aromatic N) is 2. The Morgan fingerprint density at radius 2 is 2.05 bits per heavy atom. The van der Waals surface area contributed by atoms with Crippen LogP contribution in [0, 0.1) is 0 Å². The predicted octanol–water partition coefficient (Wildman–Crippen LogP) is 0.941. The molecule has 2 rings (SSSR count). The van der Waals surface area contributed by atoms with E-state index >= 15 is 0 Å². The SMILES string of the molecule is Nc1ccc(OCCS(=O)(=O)Nc2nncs2)cc1. The summed E-state index contributed by atoms with van der Waals surface area (Å²) in [4.78, 5) is 0. The summed E-state index contributed by atoms with van der Waals surface area (Å²) in [6.07, 6.45) is 0. The van der Waals surface area contributed by atoms with Crippen LogP contribution in [0.4, 0.5) is 10.8 Å². The van der Waals surface area contributed by atoms with Crippen molar-refractivity contribution < 1.29 is 13.2 Å². The number of sulfonamides is 1. The summed E-state index contributed by atoms with van der Waals surface area (Å²) >= 11 is 1.11. The summed E-state index contributed by atoms with van der Waals surface area (Å²) in [6.45, 7) is 0.0397. The Morgan fingerprint density at radius 1 is 1.32 bits per heavy atom. The first kappa shape index (κ1) is 13.6. The van der Waals surface area contributed by atoms with E-state index in [1.165, 1.54) is 5.51 Å². The number of hydrogen-bond donors (Lipinski definition) is 2. The summed E-state index contributed by atoms with van der Waals surface area (Å²) in [5.41, 5.74) is 7.60. The molecule has 3 N–H and O–H groups in total. The van der Waals surface area contributed by atoms with Gasteiger partial charge in [-0.3, -0.25) is 4.72 Å². The van der Waals surface area contributed by atoms with Crippen molar-refractivity contribution >= 4 is 32.2 Å². The molecule has 102 valence electrons. The van der Waals surface area contributed by atoms with Crippen LogP contribution in [0.2, 0.25) is 0 Å². The van der Waals surface area contributed by atoms with Crippen molar-refractivity contribution in [2.75, 3.05) is 22.8 Å². The zero-order chi connectivity index (χ0) is 13.7. The third-order valence-corrected chi connectivity index (χ3v) is 4.05. The Kier molecular flexibility index (Phi) is 4.17. The maximum Gasteiger partial charge on any atom is 0.237 e. The molecule has 1 aromatic carbocycles. The van der Waals surface area contributed by atoms with Gasteiger partial charge in [0.1, 0.15) is 23.6 Å². The Balaban J connectivity index is 1.83. The summed E-state index contributed by atoms with van der Waals surface area (Å²) in [7, 11) is -3.47. The van der Waals surface area contributed by atoms with Gasteiger partial charge in [-0.25, -0.2) is 8.42 Å². The lowest BCUT2D eigenvalue weighted by Gasteiger charge is -2.07. The number of anilines is 2. The Bertz CT molecular complexity index is 611. The fourth-order valence-corrected chi connectivity index (χ4v) is 2.81. The Morgan fingerprint density at radius 3 is 2.68 bits per heavy atom. The molecule has 0 radical (unpaired) electrons. The van der Waals surface area contributed by atoms with Crippen LogP contribution >= 0.6 is 11.3 Å². The van der Waals surface area contributed by atoms with Crippen LogP contribution in [0.1, 0.15) is 0 Å². The van der Waals surface area contributed by atoms with Gasteiger partial charge in [0, 0.05) is 5.69 Å². The van der Waals surface area contributed by atoms with Crippen LogP contribution in [-0.2, 0) is 10.0 Å². The number of ether oxygens (including phenoxy) is 1. The van der Waals surface area contributed by atoms with Gasteiger partial charge < -0.3 is 10.5 Å². The first-order chi connectivity index (χ1) is 9.05. The molecule has 0 spiro atoms. The van der Waals surface area contributed by atoms with Crippen LogP contribution in [0.5, 0.6) is 5.75 Å². The van der Waals surface area contributed by atoms with Crippen LogP contribution in [0.15, 0.2) is 29.8 Å². The lowest BCUT2D eigenvalue weighted by molar-refractivity contribution is 0.341. The van der Waals surface area contributed by atoms with Gasteiger partial charge in [0.2, 0.25) is 15.2 Å². The molecule has 19 heavy (non-hydrogen) atoms. The highest BCUT2D eigenvalue weighted by molar-refractivity contribution is 7.92. The van der Waals surface area contributed by atoms with Crippen LogP contribution in [0.25, 0.3) is 0 Å². The number of benzene rings is 1. The average molecular weight is 300 g/mol. The smallest absolute Gasteiger partial charge is 0.237 e. The minimum atomic E-state index is -3.47. The van der Waals surface area contributed by atoms with Crippen molar-refractivity contribution in [2.45, 2.75) is 0 Å². The highest BCUT2D eigenvalue weighted by Gasteiger charge is 2.12. The van der Waals surface area contributed by atoms with E-state index in [-0.39, 0.29) is 17.5 Å². The third-order valence-electron chi connectivity index (χ3n) is 2.10. The first-order valence-electron chi connectivity index (χ1n) is 5.30.